The lowest BCUT2D eigenvalue weighted by atomic mass is 10.1. The molecule has 14 heavy (non-hydrogen) atoms. The van der Waals surface area contributed by atoms with E-state index in [2.05, 4.69) is 24.1 Å². The Labute approximate surface area is 89.1 Å². The van der Waals surface area contributed by atoms with Gasteiger partial charge in [0.25, 0.3) is 0 Å². The molecule has 0 aliphatic carbocycles. The molecule has 0 unspecified atom stereocenters. The summed E-state index contributed by atoms with van der Waals surface area (Å²) in [4.78, 5) is 2.61. The van der Waals surface area contributed by atoms with Crippen LogP contribution in [0.1, 0.15) is 39.5 Å². The zero-order chi connectivity index (χ0) is 10.2. The van der Waals surface area contributed by atoms with Crippen LogP contribution in [-0.4, -0.2) is 37.6 Å². The Morgan fingerprint density at radius 2 is 2.00 bits per heavy atom. The molecule has 0 aromatic rings. The second kappa shape index (κ2) is 7.24. The van der Waals surface area contributed by atoms with Crippen LogP contribution < -0.4 is 5.32 Å². The topological polar surface area (TPSA) is 15.3 Å². The van der Waals surface area contributed by atoms with E-state index < -0.39 is 0 Å². The standard InChI is InChI=1S/C12H26N2/c1-12(2)6-3-4-9-14-10-5-7-13-8-11-14/h12-13H,3-11H2,1-2H3. The number of hydrogen-bond donors (Lipinski definition) is 1. The van der Waals surface area contributed by atoms with Gasteiger partial charge >= 0.3 is 0 Å². The molecule has 1 heterocycles. The minimum atomic E-state index is 0.876. The number of nitrogens with one attached hydrogen (secondary N) is 1. The van der Waals surface area contributed by atoms with Crippen molar-refractivity contribution in [2.45, 2.75) is 39.5 Å². The number of hydrogen-bond acceptors (Lipinski definition) is 2. The van der Waals surface area contributed by atoms with Gasteiger partial charge in [-0.15, -0.1) is 0 Å². The number of nitrogens with zero attached hydrogens (tertiary/aromatic N) is 1. The van der Waals surface area contributed by atoms with Crippen molar-refractivity contribution >= 4 is 0 Å². The van der Waals surface area contributed by atoms with Crippen LogP contribution in [-0.2, 0) is 0 Å². The van der Waals surface area contributed by atoms with E-state index in [1.165, 1.54) is 58.4 Å². The zero-order valence-corrected chi connectivity index (χ0v) is 9.89. The fourth-order valence-corrected chi connectivity index (χ4v) is 2.01. The lowest BCUT2D eigenvalue weighted by molar-refractivity contribution is 0.283. The fraction of sp³-hybridized carbons (Fsp3) is 1.00. The highest BCUT2D eigenvalue weighted by molar-refractivity contribution is 4.65. The van der Waals surface area contributed by atoms with Crippen LogP contribution in [0.5, 0.6) is 0 Å². The van der Waals surface area contributed by atoms with Gasteiger partial charge in [-0.3, -0.25) is 0 Å². The summed E-state index contributed by atoms with van der Waals surface area (Å²) in [5.41, 5.74) is 0. The average Bonchev–Trinajstić information content (AvgIpc) is 2.40. The van der Waals surface area contributed by atoms with Crippen LogP contribution in [0, 0.1) is 5.92 Å². The second-order valence-electron chi connectivity index (χ2n) is 4.83. The molecule has 2 nitrogen and oxygen atoms in total. The first-order valence-corrected chi connectivity index (χ1v) is 6.22. The van der Waals surface area contributed by atoms with Crippen molar-refractivity contribution in [3.8, 4) is 0 Å². The molecular weight excluding hydrogens is 172 g/mol. The Kier molecular flexibility index (Phi) is 6.20. The van der Waals surface area contributed by atoms with Crippen molar-refractivity contribution in [3.63, 3.8) is 0 Å². The molecule has 84 valence electrons. The number of unbranched alkanes of at least 4 members (excludes halogenated alkanes) is 1. The molecule has 1 N–H and O–H groups in total. The van der Waals surface area contributed by atoms with E-state index >= 15 is 0 Å². The van der Waals surface area contributed by atoms with Crippen LogP contribution >= 0.6 is 0 Å². The van der Waals surface area contributed by atoms with E-state index in [1.54, 1.807) is 0 Å². The van der Waals surface area contributed by atoms with Crippen LogP contribution in [0.15, 0.2) is 0 Å². The van der Waals surface area contributed by atoms with Gasteiger partial charge in [0.2, 0.25) is 0 Å². The Morgan fingerprint density at radius 1 is 1.14 bits per heavy atom. The molecule has 0 atom stereocenters. The predicted molar refractivity (Wildman–Crippen MR) is 62.6 cm³/mol. The molecule has 0 aromatic carbocycles. The van der Waals surface area contributed by atoms with Crippen molar-refractivity contribution in [2.75, 3.05) is 32.7 Å². The van der Waals surface area contributed by atoms with Crippen molar-refractivity contribution in [1.82, 2.24) is 10.2 Å². The SMILES string of the molecule is CC(C)CCCCN1CCCNCC1. The third kappa shape index (κ3) is 5.61. The highest BCUT2D eigenvalue weighted by Crippen LogP contribution is 2.07. The van der Waals surface area contributed by atoms with Crippen molar-refractivity contribution in [1.29, 1.82) is 0 Å². The summed E-state index contributed by atoms with van der Waals surface area (Å²) in [7, 11) is 0. The quantitative estimate of drug-likeness (QED) is 0.681. The van der Waals surface area contributed by atoms with E-state index in [-0.39, 0.29) is 0 Å². The Morgan fingerprint density at radius 3 is 2.79 bits per heavy atom. The summed E-state index contributed by atoms with van der Waals surface area (Å²) in [6.45, 7) is 10.9. The third-order valence-corrected chi connectivity index (χ3v) is 2.94. The second-order valence-corrected chi connectivity index (χ2v) is 4.83. The van der Waals surface area contributed by atoms with Gasteiger partial charge < -0.3 is 10.2 Å². The molecule has 0 amide bonds. The maximum absolute atomic E-state index is 3.44. The monoisotopic (exact) mass is 198 g/mol. The maximum atomic E-state index is 3.44. The predicted octanol–water partition coefficient (Wildman–Crippen LogP) is 2.11. The van der Waals surface area contributed by atoms with Gasteiger partial charge in [0.15, 0.2) is 0 Å². The summed E-state index contributed by atoms with van der Waals surface area (Å²) in [6, 6.07) is 0. The molecule has 0 aromatic heterocycles. The Bertz CT molecular complexity index is 126. The summed E-state index contributed by atoms with van der Waals surface area (Å²) in [6.07, 6.45) is 5.51. The maximum Gasteiger partial charge on any atom is 0.0107 e. The van der Waals surface area contributed by atoms with E-state index in [4.69, 9.17) is 0 Å². The molecule has 0 bridgehead atoms. The molecule has 0 saturated carbocycles. The average molecular weight is 198 g/mol. The van der Waals surface area contributed by atoms with Crippen molar-refractivity contribution in [2.24, 2.45) is 5.92 Å². The normalized spacial score (nSPS) is 19.9. The summed E-state index contributed by atoms with van der Waals surface area (Å²) >= 11 is 0. The molecule has 1 aliphatic rings. The van der Waals surface area contributed by atoms with Gasteiger partial charge in [0, 0.05) is 13.1 Å². The summed E-state index contributed by atoms with van der Waals surface area (Å²) < 4.78 is 0. The molecule has 0 spiro atoms. The largest absolute Gasteiger partial charge is 0.315 e. The summed E-state index contributed by atoms with van der Waals surface area (Å²) in [5, 5.41) is 3.44. The Hall–Kier alpha value is -0.0800. The molecule has 1 aliphatic heterocycles. The molecule has 1 fully saturated rings. The van der Waals surface area contributed by atoms with Crippen molar-refractivity contribution in [3.05, 3.63) is 0 Å². The van der Waals surface area contributed by atoms with Gasteiger partial charge in [-0.25, -0.2) is 0 Å². The first-order valence-electron chi connectivity index (χ1n) is 6.22. The summed E-state index contributed by atoms with van der Waals surface area (Å²) in [5.74, 6) is 0.876. The lowest BCUT2D eigenvalue weighted by Gasteiger charge is -2.19. The Balaban J connectivity index is 1.99. The minimum Gasteiger partial charge on any atom is -0.315 e. The fourth-order valence-electron chi connectivity index (χ4n) is 2.01. The highest BCUT2D eigenvalue weighted by Gasteiger charge is 2.07. The molecule has 1 rings (SSSR count). The van der Waals surface area contributed by atoms with Crippen LogP contribution in [0.3, 0.4) is 0 Å². The zero-order valence-electron chi connectivity index (χ0n) is 9.89. The highest BCUT2D eigenvalue weighted by atomic mass is 15.1. The van der Waals surface area contributed by atoms with E-state index in [0.29, 0.717) is 0 Å². The number of rotatable bonds is 5. The van der Waals surface area contributed by atoms with Crippen LogP contribution in [0.2, 0.25) is 0 Å². The van der Waals surface area contributed by atoms with E-state index in [0.717, 1.165) is 5.92 Å². The molecular formula is C12H26N2. The third-order valence-electron chi connectivity index (χ3n) is 2.94. The van der Waals surface area contributed by atoms with Gasteiger partial charge in [0.05, 0.1) is 0 Å². The van der Waals surface area contributed by atoms with Gasteiger partial charge in [-0.2, -0.15) is 0 Å². The first-order chi connectivity index (χ1) is 6.79. The van der Waals surface area contributed by atoms with Crippen molar-refractivity contribution < 1.29 is 0 Å². The molecule has 1 saturated heterocycles. The molecule has 2 heteroatoms. The van der Waals surface area contributed by atoms with Gasteiger partial charge in [0.1, 0.15) is 0 Å². The van der Waals surface area contributed by atoms with E-state index in [1.807, 2.05) is 0 Å². The van der Waals surface area contributed by atoms with Crippen LogP contribution in [0.25, 0.3) is 0 Å². The molecule has 0 radical (unpaired) electrons. The first kappa shape index (κ1) is 12.0. The smallest absolute Gasteiger partial charge is 0.0107 e. The van der Waals surface area contributed by atoms with E-state index in [9.17, 15) is 0 Å². The lowest BCUT2D eigenvalue weighted by Crippen LogP contribution is -2.29. The minimum absolute atomic E-state index is 0.876. The van der Waals surface area contributed by atoms with Crippen LogP contribution in [0.4, 0.5) is 0 Å². The van der Waals surface area contributed by atoms with Gasteiger partial charge in [-0.05, 0) is 38.4 Å². The van der Waals surface area contributed by atoms with Gasteiger partial charge in [-0.1, -0.05) is 26.7 Å².